The van der Waals surface area contributed by atoms with Gasteiger partial charge in [-0.05, 0) is 48.5 Å². The highest BCUT2D eigenvalue weighted by molar-refractivity contribution is 7.99. The van der Waals surface area contributed by atoms with Crippen molar-refractivity contribution in [3.05, 3.63) is 86.0 Å². The predicted molar refractivity (Wildman–Crippen MR) is 119 cm³/mol. The van der Waals surface area contributed by atoms with Gasteiger partial charge in [0.15, 0.2) is 5.16 Å². The molecule has 0 radical (unpaired) electrons. The van der Waals surface area contributed by atoms with Crippen LogP contribution in [0.1, 0.15) is 4.88 Å². The minimum absolute atomic E-state index is 0.0745. The maximum absolute atomic E-state index is 13.4. The van der Waals surface area contributed by atoms with Gasteiger partial charge in [-0.25, -0.2) is 9.37 Å². The minimum Gasteiger partial charge on any atom is -0.350 e. The monoisotopic (exact) mass is 459 g/mol. The van der Waals surface area contributed by atoms with E-state index in [-0.39, 0.29) is 17.2 Å². The molecule has 0 fully saturated rings. The van der Waals surface area contributed by atoms with Gasteiger partial charge in [0, 0.05) is 4.88 Å². The van der Waals surface area contributed by atoms with E-state index in [2.05, 4.69) is 10.3 Å². The van der Waals surface area contributed by atoms with E-state index in [1.807, 2.05) is 6.07 Å². The van der Waals surface area contributed by atoms with Crippen molar-refractivity contribution < 1.29 is 9.18 Å². The van der Waals surface area contributed by atoms with Gasteiger partial charge in [0.05, 0.1) is 33.2 Å². The van der Waals surface area contributed by atoms with E-state index in [4.69, 9.17) is 11.6 Å². The molecule has 0 bridgehead atoms. The van der Waals surface area contributed by atoms with Gasteiger partial charge >= 0.3 is 0 Å². The lowest BCUT2D eigenvalue weighted by Gasteiger charge is -2.13. The second-order valence-corrected chi connectivity index (χ2v) is 9.04. The van der Waals surface area contributed by atoms with Crippen molar-refractivity contribution in [1.29, 1.82) is 0 Å². The van der Waals surface area contributed by atoms with Crippen LogP contribution in [0.4, 0.5) is 4.39 Å². The number of thiophene rings is 1. The topological polar surface area (TPSA) is 64.0 Å². The van der Waals surface area contributed by atoms with Gasteiger partial charge < -0.3 is 5.32 Å². The number of nitrogens with zero attached hydrogens (tertiary/aromatic N) is 2. The fourth-order valence-electron chi connectivity index (χ4n) is 2.84. The summed E-state index contributed by atoms with van der Waals surface area (Å²) in [5, 5.41) is 3.64. The van der Waals surface area contributed by atoms with Crippen molar-refractivity contribution >= 4 is 51.5 Å². The first kappa shape index (κ1) is 20.6. The molecule has 0 saturated carbocycles. The summed E-state index contributed by atoms with van der Waals surface area (Å²) < 4.78 is 15.4. The number of nitrogens with one attached hydrogen (secondary N) is 1. The first-order chi connectivity index (χ1) is 14.5. The van der Waals surface area contributed by atoms with Gasteiger partial charge in [-0.1, -0.05) is 35.5 Å². The molecule has 1 N–H and O–H groups in total. The average molecular weight is 460 g/mol. The molecule has 2 heterocycles. The van der Waals surface area contributed by atoms with Gasteiger partial charge in [0.1, 0.15) is 5.82 Å². The quantitative estimate of drug-likeness (QED) is 0.337. The van der Waals surface area contributed by atoms with Crippen LogP contribution in [0.3, 0.4) is 0 Å². The van der Waals surface area contributed by atoms with Crippen molar-refractivity contribution in [1.82, 2.24) is 14.9 Å². The molecule has 0 aliphatic carbocycles. The number of para-hydroxylation sites is 1. The van der Waals surface area contributed by atoms with E-state index in [1.165, 1.54) is 40.2 Å². The predicted octanol–water partition coefficient (Wildman–Crippen LogP) is 4.65. The standard InChI is InChI=1S/C21H15ClFN3O2S2/c22-18-10-9-15(30-18)11-24-19(27)12-29-21-25-17-4-2-1-3-16(17)20(28)26(21)14-7-5-13(23)6-8-14/h1-10H,11-12H2,(H,24,27). The summed E-state index contributed by atoms with van der Waals surface area (Å²) in [6.45, 7) is 0.382. The lowest BCUT2D eigenvalue weighted by molar-refractivity contribution is -0.118. The molecule has 152 valence electrons. The van der Waals surface area contributed by atoms with Crippen molar-refractivity contribution in [3.63, 3.8) is 0 Å². The van der Waals surface area contributed by atoms with E-state index >= 15 is 0 Å². The smallest absolute Gasteiger partial charge is 0.266 e. The molecule has 2 aromatic carbocycles. The number of benzene rings is 2. The van der Waals surface area contributed by atoms with Gasteiger partial charge in [-0.3, -0.25) is 14.2 Å². The number of fused-ring (bicyclic) bond motifs is 1. The van der Waals surface area contributed by atoms with E-state index in [0.29, 0.717) is 32.6 Å². The summed E-state index contributed by atoms with van der Waals surface area (Å²) in [6.07, 6.45) is 0. The Morgan fingerprint density at radius 2 is 1.90 bits per heavy atom. The number of carbonyl (C=O) groups excluding carboxylic acids is 1. The third kappa shape index (κ3) is 4.56. The van der Waals surface area contributed by atoms with Crippen LogP contribution in [-0.2, 0) is 11.3 Å². The number of hydrogen-bond donors (Lipinski definition) is 1. The fourth-order valence-corrected chi connectivity index (χ4v) is 4.71. The Hall–Kier alpha value is -2.68. The number of thioether (sulfide) groups is 1. The molecule has 0 saturated heterocycles. The van der Waals surface area contributed by atoms with Gasteiger partial charge in [-0.2, -0.15) is 0 Å². The molecular weight excluding hydrogens is 445 g/mol. The van der Waals surface area contributed by atoms with E-state index < -0.39 is 5.82 Å². The number of aromatic nitrogens is 2. The highest BCUT2D eigenvalue weighted by Crippen LogP contribution is 2.23. The number of hydrogen-bond acceptors (Lipinski definition) is 5. The molecular formula is C21H15ClFN3O2S2. The van der Waals surface area contributed by atoms with Crippen LogP contribution < -0.4 is 10.9 Å². The van der Waals surface area contributed by atoms with Crippen LogP contribution in [0.5, 0.6) is 0 Å². The Morgan fingerprint density at radius 3 is 2.63 bits per heavy atom. The number of amides is 1. The molecule has 0 atom stereocenters. The lowest BCUT2D eigenvalue weighted by atomic mass is 10.2. The van der Waals surface area contributed by atoms with Crippen LogP contribution in [0.2, 0.25) is 4.34 Å². The second kappa shape index (κ2) is 8.99. The Kier molecular flexibility index (Phi) is 6.17. The van der Waals surface area contributed by atoms with Crippen LogP contribution in [0.15, 0.2) is 70.6 Å². The first-order valence-electron chi connectivity index (χ1n) is 8.93. The van der Waals surface area contributed by atoms with Crippen LogP contribution in [-0.4, -0.2) is 21.2 Å². The SMILES string of the molecule is O=C(CSc1nc2ccccc2c(=O)n1-c1ccc(F)cc1)NCc1ccc(Cl)s1. The largest absolute Gasteiger partial charge is 0.350 e. The molecule has 0 aliphatic heterocycles. The Morgan fingerprint density at radius 1 is 1.13 bits per heavy atom. The number of halogens is 2. The van der Waals surface area contributed by atoms with E-state index in [9.17, 15) is 14.0 Å². The van der Waals surface area contributed by atoms with Gasteiger partial charge in [0.2, 0.25) is 5.91 Å². The van der Waals surface area contributed by atoms with Crippen LogP contribution >= 0.6 is 34.7 Å². The summed E-state index contributed by atoms with van der Waals surface area (Å²) in [5.41, 5.74) is 0.746. The zero-order valence-electron chi connectivity index (χ0n) is 15.5. The lowest BCUT2D eigenvalue weighted by Crippen LogP contribution is -2.26. The van der Waals surface area contributed by atoms with E-state index in [0.717, 1.165) is 16.6 Å². The normalized spacial score (nSPS) is 11.0. The molecule has 0 aliphatic rings. The summed E-state index contributed by atoms with van der Waals surface area (Å²) in [7, 11) is 0. The maximum Gasteiger partial charge on any atom is 0.266 e. The average Bonchev–Trinajstić information content (AvgIpc) is 3.17. The van der Waals surface area contributed by atoms with Crippen LogP contribution in [0.25, 0.3) is 16.6 Å². The van der Waals surface area contributed by atoms with Crippen molar-refractivity contribution in [2.75, 3.05) is 5.75 Å². The summed E-state index contributed by atoms with van der Waals surface area (Å²) >= 11 is 8.45. The molecule has 0 spiro atoms. The fraction of sp³-hybridized carbons (Fsp3) is 0.0952. The zero-order valence-corrected chi connectivity index (χ0v) is 17.9. The molecule has 2 aromatic heterocycles. The zero-order chi connectivity index (χ0) is 21.1. The number of rotatable bonds is 6. The molecule has 0 unspecified atom stereocenters. The van der Waals surface area contributed by atoms with Crippen molar-refractivity contribution in [2.45, 2.75) is 11.7 Å². The highest BCUT2D eigenvalue weighted by atomic mass is 35.5. The highest BCUT2D eigenvalue weighted by Gasteiger charge is 2.15. The van der Waals surface area contributed by atoms with Crippen LogP contribution in [0, 0.1) is 5.82 Å². The Balaban J connectivity index is 1.60. The minimum atomic E-state index is -0.400. The molecule has 4 aromatic rings. The second-order valence-electron chi connectivity index (χ2n) is 6.30. The summed E-state index contributed by atoms with van der Waals surface area (Å²) in [6, 6.07) is 16.2. The van der Waals surface area contributed by atoms with Gasteiger partial charge in [-0.15, -0.1) is 11.3 Å². The molecule has 4 rings (SSSR count). The first-order valence-corrected chi connectivity index (χ1v) is 11.1. The Bertz CT molecular complexity index is 1270. The molecule has 30 heavy (non-hydrogen) atoms. The van der Waals surface area contributed by atoms with Gasteiger partial charge in [0.25, 0.3) is 5.56 Å². The number of carbonyl (C=O) groups is 1. The molecule has 9 heteroatoms. The molecule has 5 nitrogen and oxygen atoms in total. The third-order valence-electron chi connectivity index (χ3n) is 4.25. The maximum atomic E-state index is 13.4. The summed E-state index contributed by atoms with van der Waals surface area (Å²) in [5.74, 6) is -0.522. The van der Waals surface area contributed by atoms with Crippen molar-refractivity contribution in [3.8, 4) is 5.69 Å². The van der Waals surface area contributed by atoms with Crippen molar-refractivity contribution in [2.24, 2.45) is 0 Å². The molecule has 1 amide bonds. The van der Waals surface area contributed by atoms with E-state index in [1.54, 1.807) is 30.3 Å². The third-order valence-corrected chi connectivity index (χ3v) is 6.42. The Labute approximate surface area is 184 Å². The summed E-state index contributed by atoms with van der Waals surface area (Å²) in [4.78, 5) is 30.9.